The van der Waals surface area contributed by atoms with E-state index in [4.69, 9.17) is 10.5 Å². The third kappa shape index (κ3) is 2.19. The number of rotatable bonds is 0. The maximum absolute atomic E-state index is 6.37. The van der Waals surface area contributed by atoms with E-state index in [2.05, 4.69) is 35.0 Å². The zero-order chi connectivity index (χ0) is 12.8. The van der Waals surface area contributed by atoms with Gasteiger partial charge in [-0.3, -0.25) is 0 Å². The highest BCUT2D eigenvalue weighted by Crippen LogP contribution is 2.47. The minimum atomic E-state index is -0.00207. The molecular weight excluding hydrogens is 290 g/mol. The highest BCUT2D eigenvalue weighted by molar-refractivity contribution is 9.10. The molecule has 3 atom stereocenters. The van der Waals surface area contributed by atoms with Crippen LogP contribution in [0.3, 0.4) is 0 Å². The summed E-state index contributed by atoms with van der Waals surface area (Å²) in [5.41, 5.74) is 7.51. The molecule has 0 saturated heterocycles. The summed E-state index contributed by atoms with van der Waals surface area (Å²) in [6, 6.07) is 6.30. The van der Waals surface area contributed by atoms with Crippen molar-refractivity contribution in [2.45, 2.75) is 50.7 Å². The lowest BCUT2D eigenvalue weighted by molar-refractivity contribution is -0.0139. The Balaban J connectivity index is 1.93. The van der Waals surface area contributed by atoms with Crippen molar-refractivity contribution in [3.8, 4) is 5.75 Å². The second kappa shape index (κ2) is 4.53. The first-order valence-corrected chi connectivity index (χ1v) is 7.61. The molecule has 1 aromatic carbocycles. The van der Waals surface area contributed by atoms with E-state index >= 15 is 0 Å². The second-order valence-electron chi connectivity index (χ2n) is 5.98. The Hall–Kier alpha value is -0.540. The molecular formula is C15H20BrNO. The van der Waals surface area contributed by atoms with E-state index < -0.39 is 0 Å². The van der Waals surface area contributed by atoms with E-state index in [0.29, 0.717) is 0 Å². The number of hydrogen-bond acceptors (Lipinski definition) is 2. The Morgan fingerprint density at radius 3 is 3.00 bits per heavy atom. The molecule has 3 rings (SSSR count). The molecule has 1 spiro atoms. The zero-order valence-corrected chi connectivity index (χ0v) is 12.4. The van der Waals surface area contributed by atoms with Crippen LogP contribution >= 0.6 is 15.9 Å². The van der Waals surface area contributed by atoms with E-state index in [0.717, 1.165) is 41.0 Å². The first-order valence-electron chi connectivity index (χ1n) is 6.82. The molecule has 2 N–H and O–H groups in total. The van der Waals surface area contributed by atoms with Crippen LogP contribution in [0.2, 0.25) is 0 Å². The third-order valence-electron chi connectivity index (χ3n) is 4.34. The third-order valence-corrected chi connectivity index (χ3v) is 4.83. The monoisotopic (exact) mass is 309 g/mol. The molecule has 0 aromatic heterocycles. The van der Waals surface area contributed by atoms with Crippen molar-refractivity contribution in [1.29, 1.82) is 0 Å². The Morgan fingerprint density at radius 1 is 1.39 bits per heavy atom. The average molecular weight is 310 g/mol. The van der Waals surface area contributed by atoms with Gasteiger partial charge >= 0.3 is 0 Å². The van der Waals surface area contributed by atoms with Crippen molar-refractivity contribution in [2.75, 3.05) is 0 Å². The number of benzene rings is 1. The number of halogens is 1. The van der Waals surface area contributed by atoms with Crippen LogP contribution in [0, 0.1) is 5.92 Å². The molecule has 18 heavy (non-hydrogen) atoms. The summed E-state index contributed by atoms with van der Waals surface area (Å²) in [6.07, 6.45) is 5.85. The second-order valence-corrected chi connectivity index (χ2v) is 6.90. The minimum absolute atomic E-state index is 0.00207. The summed E-state index contributed by atoms with van der Waals surface area (Å²) in [5, 5.41) is 0. The van der Waals surface area contributed by atoms with Gasteiger partial charge in [-0.05, 0) is 43.4 Å². The minimum Gasteiger partial charge on any atom is -0.487 e. The Bertz CT molecular complexity index is 462. The topological polar surface area (TPSA) is 35.2 Å². The highest BCUT2D eigenvalue weighted by Gasteiger charge is 2.42. The average Bonchev–Trinajstić information content (AvgIpc) is 2.30. The number of hydrogen-bond donors (Lipinski definition) is 1. The first-order chi connectivity index (χ1) is 8.58. The van der Waals surface area contributed by atoms with Gasteiger partial charge in [-0.25, -0.2) is 0 Å². The molecule has 1 saturated carbocycles. The Labute approximate surface area is 117 Å². The summed E-state index contributed by atoms with van der Waals surface area (Å²) in [4.78, 5) is 0. The largest absolute Gasteiger partial charge is 0.487 e. The van der Waals surface area contributed by atoms with E-state index in [1.165, 1.54) is 12.8 Å². The van der Waals surface area contributed by atoms with Gasteiger partial charge in [0.05, 0.1) is 0 Å². The van der Waals surface area contributed by atoms with Crippen LogP contribution in [-0.4, -0.2) is 5.60 Å². The normalized spacial score (nSPS) is 35.1. The molecule has 0 amide bonds. The van der Waals surface area contributed by atoms with E-state index in [-0.39, 0.29) is 11.6 Å². The summed E-state index contributed by atoms with van der Waals surface area (Å²) < 4.78 is 7.43. The lowest BCUT2D eigenvalue weighted by Crippen LogP contribution is -2.46. The molecule has 2 unspecified atom stereocenters. The summed E-state index contributed by atoms with van der Waals surface area (Å²) in [7, 11) is 0. The fourth-order valence-electron chi connectivity index (χ4n) is 3.58. The SMILES string of the molecule is CC1CCCC2(C1)C[C@@H](N)c1cc(Br)ccc1O2. The van der Waals surface area contributed by atoms with Gasteiger partial charge in [-0.1, -0.05) is 29.3 Å². The lowest BCUT2D eigenvalue weighted by Gasteiger charge is -2.45. The maximum atomic E-state index is 6.37. The predicted octanol–water partition coefficient (Wildman–Crippen LogP) is 4.18. The fraction of sp³-hybridized carbons (Fsp3) is 0.600. The quantitative estimate of drug-likeness (QED) is 0.780. The van der Waals surface area contributed by atoms with Crippen LogP contribution in [-0.2, 0) is 0 Å². The molecule has 1 aliphatic carbocycles. The van der Waals surface area contributed by atoms with Gasteiger partial charge in [0.15, 0.2) is 0 Å². The van der Waals surface area contributed by atoms with E-state index in [1.54, 1.807) is 0 Å². The highest BCUT2D eigenvalue weighted by atomic mass is 79.9. The lowest BCUT2D eigenvalue weighted by atomic mass is 9.73. The molecule has 1 fully saturated rings. The number of ether oxygens (including phenoxy) is 1. The smallest absolute Gasteiger partial charge is 0.124 e. The molecule has 2 nitrogen and oxygen atoms in total. The molecule has 1 heterocycles. The molecule has 1 aliphatic heterocycles. The zero-order valence-electron chi connectivity index (χ0n) is 10.8. The van der Waals surface area contributed by atoms with Crippen LogP contribution in [0.4, 0.5) is 0 Å². The standard InChI is InChI=1S/C15H20BrNO/c1-10-3-2-6-15(8-10)9-13(17)12-7-11(16)4-5-14(12)18-15/h4-5,7,10,13H,2-3,6,8-9,17H2,1H3/t10?,13-,15?/m1/s1. The molecule has 0 bridgehead atoms. The van der Waals surface area contributed by atoms with Gasteiger partial charge in [0.25, 0.3) is 0 Å². The predicted molar refractivity (Wildman–Crippen MR) is 76.7 cm³/mol. The van der Waals surface area contributed by atoms with Gasteiger partial charge in [0.1, 0.15) is 11.4 Å². The summed E-state index contributed by atoms with van der Waals surface area (Å²) in [5.74, 6) is 1.74. The van der Waals surface area contributed by atoms with Crippen molar-refractivity contribution in [1.82, 2.24) is 0 Å². The van der Waals surface area contributed by atoms with Crippen LogP contribution in [0.15, 0.2) is 22.7 Å². The van der Waals surface area contributed by atoms with Gasteiger partial charge in [-0.2, -0.15) is 0 Å². The maximum Gasteiger partial charge on any atom is 0.124 e. The Kier molecular flexibility index (Phi) is 3.15. The molecule has 0 radical (unpaired) electrons. The molecule has 3 heteroatoms. The van der Waals surface area contributed by atoms with Crippen molar-refractivity contribution >= 4 is 15.9 Å². The number of fused-ring (bicyclic) bond motifs is 1. The van der Waals surface area contributed by atoms with Crippen LogP contribution in [0.25, 0.3) is 0 Å². The van der Waals surface area contributed by atoms with Gasteiger partial charge in [-0.15, -0.1) is 0 Å². The summed E-state index contributed by atoms with van der Waals surface area (Å²) in [6.45, 7) is 2.33. The van der Waals surface area contributed by atoms with Crippen molar-refractivity contribution < 1.29 is 4.74 Å². The molecule has 98 valence electrons. The van der Waals surface area contributed by atoms with Gasteiger partial charge in [0.2, 0.25) is 0 Å². The van der Waals surface area contributed by atoms with Crippen LogP contribution in [0.1, 0.15) is 50.6 Å². The van der Waals surface area contributed by atoms with E-state index in [1.807, 2.05) is 6.07 Å². The molecule has 1 aromatic rings. The van der Waals surface area contributed by atoms with Crippen LogP contribution in [0.5, 0.6) is 5.75 Å². The van der Waals surface area contributed by atoms with Gasteiger partial charge < -0.3 is 10.5 Å². The van der Waals surface area contributed by atoms with Crippen molar-refractivity contribution in [3.05, 3.63) is 28.2 Å². The van der Waals surface area contributed by atoms with Crippen molar-refractivity contribution in [2.24, 2.45) is 11.7 Å². The first kappa shape index (κ1) is 12.5. The van der Waals surface area contributed by atoms with Crippen LogP contribution < -0.4 is 10.5 Å². The Morgan fingerprint density at radius 2 is 2.22 bits per heavy atom. The van der Waals surface area contributed by atoms with Crippen molar-refractivity contribution in [3.63, 3.8) is 0 Å². The molecule has 2 aliphatic rings. The fourth-order valence-corrected chi connectivity index (χ4v) is 3.96. The number of nitrogens with two attached hydrogens (primary N) is 1. The van der Waals surface area contributed by atoms with Gasteiger partial charge in [0, 0.05) is 22.5 Å². The summed E-state index contributed by atoms with van der Waals surface area (Å²) >= 11 is 3.50. The van der Waals surface area contributed by atoms with E-state index in [9.17, 15) is 0 Å².